The van der Waals surface area contributed by atoms with Gasteiger partial charge in [-0.25, -0.2) is 5.43 Å². The molecule has 3 rings (SSSR count). The molecule has 124 valence electrons. The van der Waals surface area contributed by atoms with E-state index in [-0.39, 0.29) is 17.4 Å². The van der Waals surface area contributed by atoms with Crippen molar-refractivity contribution in [2.24, 2.45) is 5.10 Å². The Morgan fingerprint density at radius 2 is 2.00 bits per heavy atom. The van der Waals surface area contributed by atoms with Gasteiger partial charge in [-0.1, -0.05) is 12.1 Å². The number of carbonyl (C=O) groups is 1. The van der Waals surface area contributed by atoms with Gasteiger partial charge in [0, 0.05) is 18.7 Å². The van der Waals surface area contributed by atoms with Crippen LogP contribution in [0, 0.1) is 6.92 Å². The Kier molecular flexibility index (Phi) is 4.37. The lowest BCUT2D eigenvalue weighted by Crippen LogP contribution is -2.23. The van der Waals surface area contributed by atoms with Crippen LogP contribution in [-0.2, 0) is 4.79 Å². The second-order valence-electron chi connectivity index (χ2n) is 5.59. The van der Waals surface area contributed by atoms with Crippen LogP contribution in [0.15, 0.2) is 34.2 Å². The van der Waals surface area contributed by atoms with E-state index in [0.29, 0.717) is 12.1 Å². The lowest BCUT2D eigenvalue weighted by Gasteiger charge is -2.15. The molecule has 1 aliphatic rings. The van der Waals surface area contributed by atoms with Gasteiger partial charge in [0.05, 0.1) is 5.71 Å². The topological polar surface area (TPSA) is 103 Å². The van der Waals surface area contributed by atoms with Gasteiger partial charge < -0.3 is 4.90 Å². The summed E-state index contributed by atoms with van der Waals surface area (Å²) in [6.07, 6.45) is 1.52. The molecule has 1 aliphatic heterocycles. The minimum atomic E-state index is -0.306. The van der Waals surface area contributed by atoms with E-state index in [1.165, 1.54) is 0 Å². The van der Waals surface area contributed by atoms with E-state index in [1.54, 1.807) is 11.8 Å². The summed E-state index contributed by atoms with van der Waals surface area (Å²) in [6.45, 7) is 4.19. The number of nitrogens with zero attached hydrogens (tertiary/aromatic N) is 4. The maximum absolute atomic E-state index is 11.8. The standard InChI is InChI=1S/C16H18N6O2/c1-10(18-20-16-17-15(24)11(2)19-21-16)12-5-7-13(8-6-12)22-9-3-4-14(22)23/h5-8H,3-4,9H2,1-2H3,(H2,17,20,21,24)/b18-10-. The molecule has 0 aliphatic carbocycles. The van der Waals surface area contributed by atoms with Gasteiger partial charge in [0.25, 0.3) is 5.56 Å². The lowest BCUT2D eigenvalue weighted by atomic mass is 10.1. The van der Waals surface area contributed by atoms with Crippen LogP contribution in [0.5, 0.6) is 0 Å². The largest absolute Gasteiger partial charge is 0.312 e. The van der Waals surface area contributed by atoms with Gasteiger partial charge in [-0.2, -0.15) is 5.10 Å². The maximum atomic E-state index is 11.8. The highest BCUT2D eigenvalue weighted by atomic mass is 16.2. The number of amides is 1. The number of aromatic nitrogens is 3. The lowest BCUT2D eigenvalue weighted by molar-refractivity contribution is -0.117. The van der Waals surface area contributed by atoms with Crippen LogP contribution in [0.2, 0.25) is 0 Å². The van der Waals surface area contributed by atoms with Crippen molar-refractivity contribution in [1.82, 2.24) is 15.2 Å². The molecular formula is C16H18N6O2. The summed E-state index contributed by atoms with van der Waals surface area (Å²) in [7, 11) is 0. The Hall–Kier alpha value is -3.03. The molecule has 0 radical (unpaired) electrons. The van der Waals surface area contributed by atoms with Crippen LogP contribution in [0.1, 0.15) is 31.0 Å². The van der Waals surface area contributed by atoms with Crippen molar-refractivity contribution in [2.45, 2.75) is 26.7 Å². The Balaban J connectivity index is 1.72. The van der Waals surface area contributed by atoms with Crippen LogP contribution < -0.4 is 15.9 Å². The number of nitrogens with one attached hydrogen (secondary N) is 2. The first kappa shape index (κ1) is 15.9. The number of anilines is 2. The van der Waals surface area contributed by atoms with E-state index in [0.717, 1.165) is 29.9 Å². The van der Waals surface area contributed by atoms with Gasteiger partial charge in [-0.15, -0.1) is 10.2 Å². The van der Waals surface area contributed by atoms with Crippen molar-refractivity contribution in [3.8, 4) is 0 Å². The number of rotatable bonds is 4. The Morgan fingerprint density at radius 3 is 2.62 bits per heavy atom. The zero-order valence-electron chi connectivity index (χ0n) is 13.5. The second-order valence-corrected chi connectivity index (χ2v) is 5.59. The minimum Gasteiger partial charge on any atom is -0.312 e. The molecule has 1 amide bonds. The van der Waals surface area contributed by atoms with Crippen molar-refractivity contribution < 1.29 is 4.79 Å². The van der Waals surface area contributed by atoms with Gasteiger partial charge in [0.1, 0.15) is 5.69 Å². The van der Waals surface area contributed by atoms with Crippen LogP contribution >= 0.6 is 0 Å². The van der Waals surface area contributed by atoms with Crippen LogP contribution in [0.25, 0.3) is 0 Å². The first-order valence-electron chi connectivity index (χ1n) is 7.69. The molecule has 0 atom stereocenters. The second kappa shape index (κ2) is 6.61. The number of hydrogen-bond acceptors (Lipinski definition) is 6. The van der Waals surface area contributed by atoms with E-state index in [1.807, 2.05) is 31.2 Å². The van der Waals surface area contributed by atoms with E-state index in [4.69, 9.17) is 0 Å². The number of carbonyl (C=O) groups excluding carboxylic acids is 1. The summed E-state index contributed by atoms with van der Waals surface area (Å²) in [5, 5.41) is 11.7. The zero-order chi connectivity index (χ0) is 17.1. The highest BCUT2D eigenvalue weighted by molar-refractivity contribution is 6.00. The maximum Gasteiger partial charge on any atom is 0.274 e. The quantitative estimate of drug-likeness (QED) is 0.653. The van der Waals surface area contributed by atoms with E-state index < -0.39 is 0 Å². The number of hydrazone groups is 1. The third-order valence-corrected chi connectivity index (χ3v) is 3.86. The average Bonchev–Trinajstić information content (AvgIpc) is 3.02. The van der Waals surface area contributed by atoms with Crippen molar-refractivity contribution >= 4 is 23.3 Å². The predicted molar refractivity (Wildman–Crippen MR) is 91.3 cm³/mol. The third kappa shape index (κ3) is 3.32. The van der Waals surface area contributed by atoms with Gasteiger partial charge in [-0.3, -0.25) is 14.6 Å². The van der Waals surface area contributed by atoms with Gasteiger partial charge in [-0.05, 0) is 38.0 Å². The molecule has 1 fully saturated rings. The molecule has 24 heavy (non-hydrogen) atoms. The summed E-state index contributed by atoms with van der Waals surface area (Å²) in [6, 6.07) is 7.63. The number of benzene rings is 1. The molecule has 8 heteroatoms. The van der Waals surface area contributed by atoms with Crippen molar-refractivity contribution in [2.75, 3.05) is 16.9 Å². The van der Waals surface area contributed by atoms with Gasteiger partial charge >= 0.3 is 0 Å². The first-order valence-corrected chi connectivity index (χ1v) is 7.69. The molecule has 1 aromatic carbocycles. The molecule has 2 N–H and O–H groups in total. The smallest absolute Gasteiger partial charge is 0.274 e. The number of aromatic amines is 1. The Bertz CT molecular complexity index is 840. The summed E-state index contributed by atoms with van der Waals surface area (Å²) >= 11 is 0. The molecule has 1 saturated heterocycles. The average molecular weight is 326 g/mol. The fraction of sp³-hybridized carbons (Fsp3) is 0.312. The monoisotopic (exact) mass is 326 g/mol. The third-order valence-electron chi connectivity index (χ3n) is 3.86. The van der Waals surface area contributed by atoms with Crippen LogP contribution in [0.3, 0.4) is 0 Å². The molecule has 0 unspecified atom stereocenters. The summed E-state index contributed by atoms with van der Waals surface area (Å²) in [5.74, 6) is 0.348. The summed E-state index contributed by atoms with van der Waals surface area (Å²) in [4.78, 5) is 27.6. The van der Waals surface area contributed by atoms with E-state index >= 15 is 0 Å². The molecule has 8 nitrogen and oxygen atoms in total. The van der Waals surface area contributed by atoms with E-state index in [2.05, 4.69) is 25.7 Å². The van der Waals surface area contributed by atoms with Crippen LogP contribution in [0.4, 0.5) is 11.6 Å². The normalized spacial score (nSPS) is 15.0. The fourth-order valence-electron chi connectivity index (χ4n) is 2.45. The number of hydrogen-bond donors (Lipinski definition) is 2. The molecule has 0 saturated carbocycles. The zero-order valence-corrected chi connectivity index (χ0v) is 13.5. The summed E-state index contributed by atoms with van der Waals surface area (Å²) < 4.78 is 0. The first-order chi connectivity index (χ1) is 11.5. The molecule has 1 aromatic heterocycles. The minimum absolute atomic E-state index is 0.164. The van der Waals surface area contributed by atoms with Gasteiger partial charge in [0.15, 0.2) is 0 Å². The van der Waals surface area contributed by atoms with Gasteiger partial charge in [0.2, 0.25) is 11.9 Å². The Labute approximate surface area is 138 Å². The molecule has 2 heterocycles. The SMILES string of the molecule is C/C(=N/Nc1nnc(C)c(=O)[nH]1)c1ccc(N2CCCC2=O)cc1. The van der Waals surface area contributed by atoms with Crippen LogP contribution in [-0.4, -0.2) is 33.3 Å². The highest BCUT2D eigenvalue weighted by Gasteiger charge is 2.21. The van der Waals surface area contributed by atoms with Crippen molar-refractivity contribution in [3.63, 3.8) is 0 Å². The summed E-state index contributed by atoms with van der Waals surface area (Å²) in [5.41, 5.74) is 5.20. The molecule has 0 spiro atoms. The number of H-pyrrole nitrogens is 1. The molecule has 2 aromatic rings. The highest BCUT2D eigenvalue weighted by Crippen LogP contribution is 2.21. The van der Waals surface area contributed by atoms with Crippen molar-refractivity contribution in [1.29, 1.82) is 0 Å². The predicted octanol–water partition coefficient (Wildman–Crippen LogP) is 1.44. The fourth-order valence-corrected chi connectivity index (χ4v) is 2.45. The molecular weight excluding hydrogens is 308 g/mol. The molecule has 0 bridgehead atoms. The van der Waals surface area contributed by atoms with E-state index in [9.17, 15) is 9.59 Å². The Morgan fingerprint density at radius 1 is 1.25 bits per heavy atom. The van der Waals surface area contributed by atoms with Crippen molar-refractivity contribution in [3.05, 3.63) is 45.9 Å². The number of aryl methyl sites for hydroxylation is 1.